The van der Waals surface area contributed by atoms with Gasteiger partial charge >= 0.3 is 0 Å². The fraction of sp³-hybridized carbons (Fsp3) is 0.0833. The van der Waals surface area contributed by atoms with Crippen molar-refractivity contribution in [2.24, 2.45) is 0 Å². The van der Waals surface area contributed by atoms with E-state index in [4.69, 9.17) is 27.6 Å². The SMILES string of the molecule is CC(=O)Nc1oc(-c2cc(Cl)cc(Cl)c2)c(O)c1O. The van der Waals surface area contributed by atoms with Gasteiger partial charge in [-0.05, 0) is 18.2 Å². The quantitative estimate of drug-likeness (QED) is 0.791. The molecule has 1 aromatic heterocycles. The Morgan fingerprint density at radius 1 is 1.16 bits per heavy atom. The van der Waals surface area contributed by atoms with Crippen LogP contribution in [-0.2, 0) is 4.79 Å². The molecule has 1 heterocycles. The van der Waals surface area contributed by atoms with Crippen LogP contribution in [-0.4, -0.2) is 16.1 Å². The monoisotopic (exact) mass is 301 g/mol. The van der Waals surface area contributed by atoms with E-state index in [1.54, 1.807) is 0 Å². The summed E-state index contributed by atoms with van der Waals surface area (Å²) < 4.78 is 5.20. The third-order valence-electron chi connectivity index (χ3n) is 2.27. The molecule has 2 aromatic rings. The molecule has 0 radical (unpaired) electrons. The molecule has 5 nitrogen and oxygen atoms in total. The third kappa shape index (κ3) is 2.77. The molecule has 0 bridgehead atoms. The summed E-state index contributed by atoms with van der Waals surface area (Å²) in [6.07, 6.45) is 0. The lowest BCUT2D eigenvalue weighted by molar-refractivity contribution is -0.114. The Bertz CT molecular complexity index is 631. The van der Waals surface area contributed by atoms with Crippen LogP contribution in [0.4, 0.5) is 5.88 Å². The number of anilines is 1. The number of aromatic hydroxyl groups is 2. The van der Waals surface area contributed by atoms with Crippen molar-refractivity contribution in [3.63, 3.8) is 0 Å². The number of carbonyl (C=O) groups is 1. The van der Waals surface area contributed by atoms with Crippen LogP contribution in [0.5, 0.6) is 11.5 Å². The molecule has 0 aliphatic carbocycles. The first-order chi connectivity index (χ1) is 8.88. The Hall–Kier alpha value is -1.85. The molecule has 0 aliphatic heterocycles. The molecule has 0 saturated heterocycles. The van der Waals surface area contributed by atoms with Gasteiger partial charge in [-0.1, -0.05) is 23.2 Å². The largest absolute Gasteiger partial charge is 0.502 e. The molecule has 0 atom stereocenters. The molecule has 100 valence electrons. The van der Waals surface area contributed by atoms with Crippen molar-refractivity contribution in [2.45, 2.75) is 6.92 Å². The average Bonchev–Trinajstić information content (AvgIpc) is 2.55. The van der Waals surface area contributed by atoms with Crippen molar-refractivity contribution in [3.05, 3.63) is 28.2 Å². The molecule has 0 fully saturated rings. The van der Waals surface area contributed by atoms with E-state index >= 15 is 0 Å². The Balaban J connectivity index is 2.53. The first-order valence-electron chi connectivity index (χ1n) is 5.17. The predicted octanol–water partition coefficient (Wildman–Crippen LogP) is 3.62. The second-order valence-electron chi connectivity index (χ2n) is 3.80. The minimum atomic E-state index is -0.554. The molecule has 0 spiro atoms. The highest BCUT2D eigenvalue weighted by molar-refractivity contribution is 6.35. The fourth-order valence-electron chi connectivity index (χ4n) is 1.54. The third-order valence-corrected chi connectivity index (χ3v) is 2.71. The lowest BCUT2D eigenvalue weighted by Gasteiger charge is -2.00. The van der Waals surface area contributed by atoms with Gasteiger partial charge in [0.15, 0.2) is 5.76 Å². The van der Waals surface area contributed by atoms with Crippen molar-refractivity contribution >= 4 is 35.0 Å². The summed E-state index contributed by atoms with van der Waals surface area (Å²) in [7, 11) is 0. The number of carbonyl (C=O) groups excluding carboxylic acids is 1. The van der Waals surface area contributed by atoms with Crippen LogP contribution >= 0.6 is 23.2 Å². The first-order valence-corrected chi connectivity index (χ1v) is 5.93. The van der Waals surface area contributed by atoms with Crippen LogP contribution in [0, 0.1) is 0 Å². The van der Waals surface area contributed by atoms with Crippen LogP contribution in [0.15, 0.2) is 22.6 Å². The molecule has 2 rings (SSSR count). The molecular formula is C12H9Cl2NO4. The normalized spacial score (nSPS) is 10.5. The summed E-state index contributed by atoms with van der Waals surface area (Å²) in [4.78, 5) is 10.9. The highest BCUT2D eigenvalue weighted by Crippen LogP contribution is 2.45. The highest BCUT2D eigenvalue weighted by atomic mass is 35.5. The minimum absolute atomic E-state index is 0.0364. The standard InChI is InChI=1S/C12H9Cl2NO4/c1-5(16)15-12-10(18)9(17)11(19-12)6-2-7(13)4-8(14)3-6/h2-4,17-18H,1H3,(H,15,16). The van der Waals surface area contributed by atoms with E-state index < -0.39 is 17.4 Å². The maximum absolute atomic E-state index is 10.9. The second kappa shape index (κ2) is 5.03. The number of hydrogen-bond donors (Lipinski definition) is 3. The zero-order valence-corrected chi connectivity index (χ0v) is 11.2. The Kier molecular flexibility index (Phi) is 3.59. The van der Waals surface area contributed by atoms with Gasteiger partial charge in [0.1, 0.15) is 0 Å². The predicted molar refractivity (Wildman–Crippen MR) is 71.8 cm³/mol. The van der Waals surface area contributed by atoms with E-state index in [-0.39, 0.29) is 11.6 Å². The van der Waals surface area contributed by atoms with Gasteiger partial charge in [-0.15, -0.1) is 0 Å². The molecule has 19 heavy (non-hydrogen) atoms. The van der Waals surface area contributed by atoms with Gasteiger partial charge < -0.3 is 14.6 Å². The number of furan rings is 1. The fourth-order valence-corrected chi connectivity index (χ4v) is 2.07. The molecule has 1 amide bonds. The van der Waals surface area contributed by atoms with Crippen molar-refractivity contribution in [2.75, 3.05) is 5.32 Å². The molecule has 0 saturated carbocycles. The van der Waals surface area contributed by atoms with Gasteiger partial charge in [0.2, 0.25) is 23.3 Å². The van der Waals surface area contributed by atoms with Gasteiger partial charge in [-0.25, -0.2) is 0 Å². The molecular weight excluding hydrogens is 293 g/mol. The van der Waals surface area contributed by atoms with Crippen LogP contribution in [0.2, 0.25) is 10.0 Å². The Morgan fingerprint density at radius 2 is 1.74 bits per heavy atom. The van der Waals surface area contributed by atoms with Gasteiger partial charge in [0, 0.05) is 22.5 Å². The van der Waals surface area contributed by atoms with Gasteiger partial charge in [0.25, 0.3) is 0 Å². The second-order valence-corrected chi connectivity index (χ2v) is 4.67. The van der Waals surface area contributed by atoms with Gasteiger partial charge in [-0.3, -0.25) is 10.1 Å². The van der Waals surface area contributed by atoms with Crippen molar-refractivity contribution in [1.82, 2.24) is 0 Å². The Morgan fingerprint density at radius 3 is 2.26 bits per heavy atom. The zero-order valence-electron chi connectivity index (χ0n) is 9.70. The number of hydrogen-bond acceptors (Lipinski definition) is 4. The van der Waals surface area contributed by atoms with E-state index in [0.29, 0.717) is 15.6 Å². The van der Waals surface area contributed by atoms with Crippen LogP contribution in [0.25, 0.3) is 11.3 Å². The van der Waals surface area contributed by atoms with Crippen LogP contribution < -0.4 is 5.32 Å². The van der Waals surface area contributed by atoms with Gasteiger partial charge in [0.05, 0.1) is 0 Å². The lowest BCUT2D eigenvalue weighted by Crippen LogP contribution is -2.04. The zero-order chi connectivity index (χ0) is 14.2. The summed E-state index contributed by atoms with van der Waals surface area (Å²) in [5.41, 5.74) is 0.377. The van der Waals surface area contributed by atoms with Crippen molar-refractivity contribution in [1.29, 1.82) is 0 Å². The number of rotatable bonds is 2. The first kappa shape index (κ1) is 13.6. The van der Waals surface area contributed by atoms with E-state index in [1.807, 2.05) is 0 Å². The van der Waals surface area contributed by atoms with E-state index in [1.165, 1.54) is 25.1 Å². The molecule has 1 aromatic carbocycles. The van der Waals surface area contributed by atoms with Crippen LogP contribution in [0.3, 0.4) is 0 Å². The van der Waals surface area contributed by atoms with Crippen molar-refractivity contribution in [3.8, 4) is 22.8 Å². The Labute approximate surface area is 118 Å². The summed E-state index contributed by atoms with van der Waals surface area (Å²) >= 11 is 11.7. The number of nitrogens with one attached hydrogen (secondary N) is 1. The number of benzene rings is 1. The maximum Gasteiger partial charge on any atom is 0.246 e. The molecule has 0 unspecified atom stereocenters. The molecule has 3 N–H and O–H groups in total. The maximum atomic E-state index is 10.9. The highest BCUT2D eigenvalue weighted by Gasteiger charge is 2.21. The van der Waals surface area contributed by atoms with Gasteiger partial charge in [-0.2, -0.15) is 0 Å². The minimum Gasteiger partial charge on any atom is -0.502 e. The number of amides is 1. The van der Waals surface area contributed by atoms with Crippen LogP contribution in [0.1, 0.15) is 6.92 Å². The van der Waals surface area contributed by atoms with E-state index in [0.717, 1.165) is 0 Å². The van der Waals surface area contributed by atoms with E-state index in [9.17, 15) is 15.0 Å². The summed E-state index contributed by atoms with van der Waals surface area (Å²) in [5, 5.41) is 22.4. The topological polar surface area (TPSA) is 82.7 Å². The number of halogens is 2. The van der Waals surface area contributed by atoms with Crippen molar-refractivity contribution < 1.29 is 19.4 Å². The van der Waals surface area contributed by atoms with E-state index in [2.05, 4.69) is 5.32 Å². The molecule has 0 aliphatic rings. The smallest absolute Gasteiger partial charge is 0.246 e. The average molecular weight is 302 g/mol. The summed E-state index contributed by atoms with van der Waals surface area (Å²) in [6.45, 7) is 1.24. The summed E-state index contributed by atoms with van der Waals surface area (Å²) in [5.74, 6) is -1.77. The summed E-state index contributed by atoms with van der Waals surface area (Å²) in [6, 6.07) is 4.52. The molecule has 7 heteroatoms. The lowest BCUT2D eigenvalue weighted by atomic mass is 10.1.